The molecule has 0 saturated heterocycles. The first-order chi connectivity index (χ1) is 10.0. The number of hydrogen-bond donors (Lipinski definition) is 1. The monoisotopic (exact) mass is 287 g/mol. The number of hydrogen-bond acceptors (Lipinski definition) is 4. The predicted octanol–water partition coefficient (Wildman–Crippen LogP) is 1.96. The first-order valence-corrected chi connectivity index (χ1v) is 6.73. The number of carbonyl (C=O) groups excluding carboxylic acids is 1. The van der Waals surface area contributed by atoms with Crippen LogP contribution in [0.1, 0.15) is 30.6 Å². The summed E-state index contributed by atoms with van der Waals surface area (Å²) in [6.07, 6.45) is 3.03. The highest BCUT2D eigenvalue weighted by atomic mass is 16.4. The van der Waals surface area contributed by atoms with Crippen molar-refractivity contribution in [3.05, 3.63) is 36.2 Å². The van der Waals surface area contributed by atoms with Crippen LogP contribution in [0.3, 0.4) is 0 Å². The van der Waals surface area contributed by atoms with E-state index in [1.165, 1.54) is 11.1 Å². The van der Waals surface area contributed by atoms with E-state index in [0.29, 0.717) is 16.6 Å². The standard InChI is InChI=1S/C15H17N3O3/c1-10(2)18(9-6-13(19)20)15(21)11-4-3-5-12-14(11)17-8-7-16-12/h3-5,7-8,10H,6,9H2,1-2H3,(H,19,20). The topological polar surface area (TPSA) is 83.4 Å². The Morgan fingerprint density at radius 1 is 1.24 bits per heavy atom. The molecule has 0 unspecified atom stereocenters. The molecule has 0 saturated carbocycles. The Balaban J connectivity index is 2.37. The summed E-state index contributed by atoms with van der Waals surface area (Å²) in [4.78, 5) is 33.3. The third-order valence-electron chi connectivity index (χ3n) is 3.18. The maximum absolute atomic E-state index is 12.7. The van der Waals surface area contributed by atoms with Crippen LogP contribution in [-0.2, 0) is 4.79 Å². The SMILES string of the molecule is CC(C)N(CCC(=O)O)C(=O)c1cccc2nccnc12. The molecule has 110 valence electrons. The fourth-order valence-corrected chi connectivity index (χ4v) is 2.13. The van der Waals surface area contributed by atoms with Crippen molar-refractivity contribution in [2.24, 2.45) is 0 Å². The average Bonchev–Trinajstić information content (AvgIpc) is 2.46. The number of carbonyl (C=O) groups is 2. The molecule has 2 rings (SSSR count). The van der Waals surface area contributed by atoms with Gasteiger partial charge >= 0.3 is 5.97 Å². The molecule has 1 heterocycles. The van der Waals surface area contributed by atoms with Gasteiger partial charge in [-0.1, -0.05) is 6.07 Å². The van der Waals surface area contributed by atoms with E-state index in [1.807, 2.05) is 13.8 Å². The normalized spacial score (nSPS) is 10.8. The third kappa shape index (κ3) is 3.34. The molecule has 1 N–H and O–H groups in total. The second-order valence-corrected chi connectivity index (χ2v) is 4.97. The summed E-state index contributed by atoms with van der Waals surface area (Å²) in [5.74, 6) is -1.15. The predicted molar refractivity (Wildman–Crippen MR) is 78.0 cm³/mol. The fraction of sp³-hybridized carbons (Fsp3) is 0.333. The molecule has 1 amide bonds. The number of aliphatic carboxylic acids is 1. The Bertz CT molecular complexity index is 665. The van der Waals surface area contributed by atoms with E-state index in [0.717, 1.165) is 0 Å². The Kier molecular flexibility index (Phi) is 4.47. The highest BCUT2D eigenvalue weighted by molar-refractivity contribution is 6.04. The van der Waals surface area contributed by atoms with Gasteiger partial charge in [-0.25, -0.2) is 0 Å². The first-order valence-electron chi connectivity index (χ1n) is 6.73. The lowest BCUT2D eigenvalue weighted by Crippen LogP contribution is -2.38. The van der Waals surface area contributed by atoms with Gasteiger partial charge in [0.25, 0.3) is 5.91 Å². The quantitative estimate of drug-likeness (QED) is 0.908. The minimum Gasteiger partial charge on any atom is -0.481 e. The number of para-hydroxylation sites is 1. The summed E-state index contributed by atoms with van der Waals surface area (Å²) in [5.41, 5.74) is 1.62. The van der Waals surface area contributed by atoms with Crippen LogP contribution in [0.4, 0.5) is 0 Å². The van der Waals surface area contributed by atoms with Gasteiger partial charge in [-0.05, 0) is 26.0 Å². The number of aromatic nitrogens is 2. The third-order valence-corrected chi connectivity index (χ3v) is 3.18. The molecule has 2 aromatic rings. The zero-order valence-corrected chi connectivity index (χ0v) is 12.0. The molecule has 0 bridgehead atoms. The van der Waals surface area contributed by atoms with E-state index in [4.69, 9.17) is 5.11 Å². The maximum Gasteiger partial charge on any atom is 0.305 e. The number of amides is 1. The Morgan fingerprint density at radius 2 is 1.95 bits per heavy atom. The minimum absolute atomic E-state index is 0.0830. The van der Waals surface area contributed by atoms with E-state index < -0.39 is 5.97 Å². The molecule has 0 fully saturated rings. The summed E-state index contributed by atoms with van der Waals surface area (Å²) >= 11 is 0. The first kappa shape index (κ1) is 14.9. The van der Waals surface area contributed by atoms with Gasteiger partial charge in [-0.15, -0.1) is 0 Å². The molecule has 0 spiro atoms. The van der Waals surface area contributed by atoms with Crippen molar-refractivity contribution in [3.63, 3.8) is 0 Å². The van der Waals surface area contributed by atoms with Crippen LogP contribution >= 0.6 is 0 Å². The smallest absolute Gasteiger partial charge is 0.305 e. The molecule has 1 aromatic heterocycles. The van der Waals surface area contributed by atoms with Gasteiger partial charge < -0.3 is 10.0 Å². The Morgan fingerprint density at radius 3 is 2.62 bits per heavy atom. The molecule has 6 nitrogen and oxygen atoms in total. The molecule has 0 aliphatic heterocycles. The van der Waals surface area contributed by atoms with E-state index >= 15 is 0 Å². The number of carboxylic acid groups (broad SMARTS) is 1. The van der Waals surface area contributed by atoms with E-state index in [2.05, 4.69) is 9.97 Å². The number of benzene rings is 1. The number of fused-ring (bicyclic) bond motifs is 1. The zero-order chi connectivity index (χ0) is 15.4. The van der Waals surface area contributed by atoms with E-state index in [1.54, 1.807) is 24.4 Å². The van der Waals surface area contributed by atoms with Crippen LogP contribution in [0.2, 0.25) is 0 Å². The van der Waals surface area contributed by atoms with E-state index in [9.17, 15) is 9.59 Å². The van der Waals surface area contributed by atoms with Crippen LogP contribution < -0.4 is 0 Å². The highest BCUT2D eigenvalue weighted by Gasteiger charge is 2.21. The lowest BCUT2D eigenvalue weighted by atomic mass is 10.1. The van der Waals surface area contributed by atoms with Crippen molar-refractivity contribution in [3.8, 4) is 0 Å². The highest BCUT2D eigenvalue weighted by Crippen LogP contribution is 2.17. The van der Waals surface area contributed by atoms with Crippen molar-refractivity contribution in [2.75, 3.05) is 6.54 Å². The maximum atomic E-state index is 12.7. The molecule has 0 aliphatic carbocycles. The summed E-state index contributed by atoms with van der Waals surface area (Å²) < 4.78 is 0. The number of carboxylic acids is 1. The molecule has 21 heavy (non-hydrogen) atoms. The summed E-state index contributed by atoms with van der Waals surface area (Å²) in [6, 6.07) is 5.13. The Hall–Kier alpha value is -2.50. The molecule has 6 heteroatoms. The van der Waals surface area contributed by atoms with Gasteiger partial charge in [0.05, 0.1) is 17.5 Å². The number of rotatable bonds is 5. The van der Waals surface area contributed by atoms with Gasteiger partial charge in [0, 0.05) is 25.0 Å². The molecular weight excluding hydrogens is 270 g/mol. The molecule has 0 aliphatic rings. The van der Waals surface area contributed by atoms with Crippen LogP contribution in [0.5, 0.6) is 0 Å². The zero-order valence-electron chi connectivity index (χ0n) is 12.0. The second kappa shape index (κ2) is 6.30. The molecule has 0 radical (unpaired) electrons. The summed E-state index contributed by atoms with van der Waals surface area (Å²) in [6.45, 7) is 3.88. The fourth-order valence-electron chi connectivity index (χ4n) is 2.13. The molecular formula is C15H17N3O3. The van der Waals surface area contributed by atoms with Crippen LogP contribution in [0.15, 0.2) is 30.6 Å². The molecule has 1 aromatic carbocycles. The van der Waals surface area contributed by atoms with Crippen LogP contribution in [-0.4, -0.2) is 44.4 Å². The van der Waals surface area contributed by atoms with Gasteiger partial charge in [0.15, 0.2) is 0 Å². The second-order valence-electron chi connectivity index (χ2n) is 4.97. The lowest BCUT2D eigenvalue weighted by Gasteiger charge is -2.26. The average molecular weight is 287 g/mol. The largest absolute Gasteiger partial charge is 0.481 e. The summed E-state index contributed by atoms with van der Waals surface area (Å²) in [5, 5.41) is 8.81. The van der Waals surface area contributed by atoms with Crippen molar-refractivity contribution in [1.29, 1.82) is 0 Å². The van der Waals surface area contributed by atoms with Crippen LogP contribution in [0, 0.1) is 0 Å². The number of nitrogens with zero attached hydrogens (tertiary/aromatic N) is 3. The Labute approximate surface area is 122 Å². The lowest BCUT2D eigenvalue weighted by molar-refractivity contribution is -0.137. The summed E-state index contributed by atoms with van der Waals surface area (Å²) in [7, 11) is 0. The van der Waals surface area contributed by atoms with Crippen LogP contribution in [0.25, 0.3) is 11.0 Å². The van der Waals surface area contributed by atoms with Gasteiger partial charge in [0.2, 0.25) is 0 Å². The minimum atomic E-state index is -0.925. The van der Waals surface area contributed by atoms with E-state index in [-0.39, 0.29) is 24.9 Å². The van der Waals surface area contributed by atoms with Crippen molar-refractivity contribution in [1.82, 2.24) is 14.9 Å². The molecule has 0 atom stereocenters. The van der Waals surface area contributed by atoms with Crippen molar-refractivity contribution in [2.45, 2.75) is 26.3 Å². The van der Waals surface area contributed by atoms with Crippen molar-refractivity contribution >= 4 is 22.9 Å². The van der Waals surface area contributed by atoms with Crippen molar-refractivity contribution < 1.29 is 14.7 Å². The van der Waals surface area contributed by atoms with Gasteiger partial charge in [-0.2, -0.15) is 0 Å². The van der Waals surface area contributed by atoms with Gasteiger partial charge in [-0.3, -0.25) is 19.6 Å². The van der Waals surface area contributed by atoms with Gasteiger partial charge in [0.1, 0.15) is 5.52 Å².